The van der Waals surface area contributed by atoms with Crippen LogP contribution in [-0.4, -0.2) is 29.7 Å². The van der Waals surface area contributed by atoms with Crippen LogP contribution in [0.2, 0.25) is 0 Å². The lowest BCUT2D eigenvalue weighted by molar-refractivity contribution is -0.100. The van der Waals surface area contributed by atoms with Crippen molar-refractivity contribution in [3.05, 3.63) is 66.4 Å². The lowest BCUT2D eigenvalue weighted by Crippen LogP contribution is -2.55. The van der Waals surface area contributed by atoms with E-state index >= 15 is 0 Å². The monoisotopic (exact) mass is 535 g/mol. The van der Waals surface area contributed by atoms with Crippen LogP contribution in [0.1, 0.15) is 68.2 Å². The molecule has 1 atom stereocenters. The zero-order chi connectivity index (χ0) is 25.5. The smallest absolute Gasteiger partial charge is 0.259 e. The number of fused-ring (bicyclic) bond motifs is 2. The molecule has 0 radical (unpaired) electrons. The predicted molar refractivity (Wildman–Crippen MR) is 147 cm³/mol. The fraction of sp³-hybridized carbons (Fsp3) is 0.571. The Balaban J connectivity index is 1.27. The summed E-state index contributed by atoms with van der Waals surface area (Å²) in [6.07, 6.45) is 8.13. The molecule has 4 aromatic heterocycles. The van der Waals surface area contributed by atoms with Gasteiger partial charge in [-0.05, 0) is 82.5 Å². The highest BCUT2D eigenvalue weighted by atomic mass is 32.1. The minimum absolute atomic E-state index is 0.0204. The Morgan fingerprint density at radius 1 is 0.865 bits per heavy atom. The molecule has 0 N–H and O–H groups in total. The molecule has 4 aliphatic rings. The van der Waals surface area contributed by atoms with Crippen LogP contribution in [0.4, 0.5) is 0 Å². The SMILES string of the molecule is Cc1csc2nc(CN(Cc3cc(=O)n4c(C)csc4n3)[C@@H](C)C34CC5CC(CC(C5)C3)C4)cc(=O)n12. The molecule has 4 heterocycles. The first-order chi connectivity index (χ1) is 17.8. The highest BCUT2D eigenvalue weighted by Crippen LogP contribution is 2.62. The molecule has 0 unspecified atom stereocenters. The van der Waals surface area contributed by atoms with Gasteiger partial charge in [-0.3, -0.25) is 23.3 Å². The molecule has 4 bridgehead atoms. The van der Waals surface area contributed by atoms with Gasteiger partial charge in [-0.15, -0.1) is 22.7 Å². The fourth-order valence-corrected chi connectivity index (χ4v) is 9.97. The molecular formula is C28H33N5O2S2. The summed E-state index contributed by atoms with van der Waals surface area (Å²) in [6.45, 7) is 7.43. The van der Waals surface area contributed by atoms with E-state index < -0.39 is 0 Å². The normalized spacial score (nSPS) is 27.6. The van der Waals surface area contributed by atoms with Gasteiger partial charge in [0.1, 0.15) is 0 Å². The van der Waals surface area contributed by atoms with E-state index in [2.05, 4.69) is 11.8 Å². The lowest BCUT2D eigenvalue weighted by Gasteiger charge is -2.60. The Hall–Kier alpha value is -2.36. The minimum Gasteiger partial charge on any atom is -0.288 e. The molecule has 8 rings (SSSR count). The van der Waals surface area contributed by atoms with Gasteiger partial charge in [0.25, 0.3) is 11.1 Å². The van der Waals surface area contributed by atoms with E-state index in [9.17, 15) is 9.59 Å². The molecule has 0 spiro atoms. The van der Waals surface area contributed by atoms with Gasteiger partial charge in [0.2, 0.25) is 0 Å². The molecule has 4 aromatic rings. The van der Waals surface area contributed by atoms with E-state index in [4.69, 9.17) is 9.97 Å². The van der Waals surface area contributed by atoms with Crippen molar-refractivity contribution in [2.45, 2.75) is 78.4 Å². The third kappa shape index (κ3) is 3.92. The van der Waals surface area contributed by atoms with E-state index in [1.54, 1.807) is 20.9 Å². The molecule has 0 aromatic carbocycles. The third-order valence-corrected chi connectivity index (χ3v) is 11.4. The van der Waals surface area contributed by atoms with Gasteiger partial charge in [-0.2, -0.15) is 0 Å². The number of aryl methyl sites for hydroxylation is 2. The molecule has 194 valence electrons. The molecule has 4 saturated carbocycles. The molecule has 7 nitrogen and oxygen atoms in total. The number of hydrogen-bond donors (Lipinski definition) is 0. The second-order valence-electron chi connectivity index (χ2n) is 12.0. The number of thiazole rings is 2. The molecular weight excluding hydrogens is 502 g/mol. The van der Waals surface area contributed by atoms with Crippen molar-refractivity contribution in [1.29, 1.82) is 0 Å². The largest absolute Gasteiger partial charge is 0.288 e. The van der Waals surface area contributed by atoms with Gasteiger partial charge in [0, 0.05) is 53.4 Å². The van der Waals surface area contributed by atoms with Gasteiger partial charge >= 0.3 is 0 Å². The first-order valence-corrected chi connectivity index (χ1v) is 15.2. The van der Waals surface area contributed by atoms with Crippen molar-refractivity contribution in [2.24, 2.45) is 23.2 Å². The van der Waals surface area contributed by atoms with Gasteiger partial charge in [-0.1, -0.05) is 0 Å². The molecule has 37 heavy (non-hydrogen) atoms. The van der Waals surface area contributed by atoms with Crippen molar-refractivity contribution < 1.29 is 0 Å². The Kier molecular flexibility index (Phi) is 5.50. The lowest BCUT2D eigenvalue weighted by atomic mass is 9.47. The third-order valence-electron chi connectivity index (χ3n) is 9.51. The summed E-state index contributed by atoms with van der Waals surface area (Å²) >= 11 is 3.03. The first-order valence-electron chi connectivity index (χ1n) is 13.5. The maximum atomic E-state index is 13.0. The molecule has 0 aliphatic heterocycles. The zero-order valence-corrected chi connectivity index (χ0v) is 23.3. The summed E-state index contributed by atoms with van der Waals surface area (Å²) in [5, 5.41) is 3.97. The maximum absolute atomic E-state index is 13.0. The highest BCUT2D eigenvalue weighted by molar-refractivity contribution is 7.15. The second kappa shape index (κ2) is 8.58. The van der Waals surface area contributed by atoms with E-state index in [0.29, 0.717) is 24.5 Å². The summed E-state index contributed by atoms with van der Waals surface area (Å²) < 4.78 is 3.38. The summed E-state index contributed by atoms with van der Waals surface area (Å²) in [7, 11) is 0. The Bertz CT molecular complexity index is 1500. The van der Waals surface area contributed by atoms with Crippen LogP contribution in [-0.2, 0) is 13.1 Å². The van der Waals surface area contributed by atoms with Crippen LogP contribution < -0.4 is 11.1 Å². The van der Waals surface area contributed by atoms with Gasteiger partial charge in [-0.25, -0.2) is 9.97 Å². The average molecular weight is 536 g/mol. The van der Waals surface area contributed by atoms with Crippen molar-refractivity contribution in [1.82, 2.24) is 23.7 Å². The number of hydrogen-bond acceptors (Lipinski definition) is 7. The molecule has 0 saturated heterocycles. The van der Waals surface area contributed by atoms with Crippen molar-refractivity contribution in [2.75, 3.05) is 0 Å². The van der Waals surface area contributed by atoms with Crippen molar-refractivity contribution in [3.8, 4) is 0 Å². The van der Waals surface area contributed by atoms with Crippen LogP contribution in [0.5, 0.6) is 0 Å². The maximum Gasteiger partial charge on any atom is 0.259 e. The van der Waals surface area contributed by atoms with Crippen LogP contribution in [0.3, 0.4) is 0 Å². The molecule has 0 amide bonds. The first kappa shape index (κ1) is 23.7. The van der Waals surface area contributed by atoms with Crippen LogP contribution >= 0.6 is 22.7 Å². The predicted octanol–water partition coefficient (Wildman–Crippen LogP) is 5.05. The average Bonchev–Trinajstić information content (AvgIpc) is 3.40. The summed E-state index contributed by atoms with van der Waals surface area (Å²) in [6, 6.07) is 3.71. The topological polar surface area (TPSA) is 72.0 Å². The minimum atomic E-state index is -0.0204. The number of aromatic nitrogens is 4. The number of rotatable bonds is 6. The van der Waals surface area contributed by atoms with Crippen LogP contribution in [0.15, 0.2) is 32.5 Å². The summed E-state index contributed by atoms with van der Waals surface area (Å²) in [5.41, 5.74) is 3.70. The van der Waals surface area contributed by atoms with Crippen LogP contribution in [0, 0.1) is 37.0 Å². The quantitative estimate of drug-likeness (QED) is 0.346. The van der Waals surface area contributed by atoms with Gasteiger partial charge < -0.3 is 0 Å². The fourth-order valence-electron chi connectivity index (χ4n) is 8.19. The van der Waals surface area contributed by atoms with E-state index in [-0.39, 0.29) is 11.1 Å². The Morgan fingerprint density at radius 3 is 1.73 bits per heavy atom. The van der Waals surface area contributed by atoms with E-state index in [1.807, 2.05) is 24.6 Å². The van der Waals surface area contributed by atoms with Crippen LogP contribution in [0.25, 0.3) is 9.92 Å². The Labute approximate surface area is 223 Å². The highest BCUT2D eigenvalue weighted by Gasteiger charge is 2.54. The van der Waals surface area contributed by atoms with Crippen molar-refractivity contribution in [3.63, 3.8) is 0 Å². The summed E-state index contributed by atoms with van der Waals surface area (Å²) in [4.78, 5) is 39.7. The molecule has 4 fully saturated rings. The zero-order valence-electron chi connectivity index (χ0n) is 21.6. The summed E-state index contributed by atoms with van der Waals surface area (Å²) in [5.74, 6) is 2.57. The second-order valence-corrected chi connectivity index (χ2v) is 13.7. The van der Waals surface area contributed by atoms with Gasteiger partial charge in [0.05, 0.1) is 11.4 Å². The Morgan fingerprint density at radius 2 is 1.30 bits per heavy atom. The van der Waals surface area contributed by atoms with E-state index in [0.717, 1.165) is 50.5 Å². The van der Waals surface area contributed by atoms with Crippen molar-refractivity contribution >= 4 is 32.6 Å². The van der Waals surface area contributed by atoms with E-state index in [1.165, 1.54) is 61.2 Å². The molecule has 9 heteroatoms. The molecule has 4 aliphatic carbocycles. The van der Waals surface area contributed by atoms with Gasteiger partial charge in [0.15, 0.2) is 9.92 Å². The standard InChI is InChI=1S/C28H33N5O2S2/c1-16-14-36-26-29-22(7-24(34)32(16)26)12-31(13-23-8-25(35)33-17(2)15-37-27(33)30-23)18(3)28-9-19-4-20(10-28)6-21(5-19)11-28/h7-8,14-15,18-21H,4-6,9-13H2,1-3H3/t18-,19?,20?,21?,28?/m0/s1. The number of nitrogens with zero attached hydrogens (tertiary/aromatic N) is 5.